The van der Waals surface area contributed by atoms with E-state index in [2.05, 4.69) is 29.3 Å². The number of hydrogen-bond donors (Lipinski definition) is 0. The summed E-state index contributed by atoms with van der Waals surface area (Å²) in [6.07, 6.45) is 1.92. The first kappa shape index (κ1) is 20.7. The number of fused-ring (bicyclic) bond motifs is 4. The summed E-state index contributed by atoms with van der Waals surface area (Å²) in [7, 11) is 0. The molecule has 5 rings (SSSR count). The summed E-state index contributed by atoms with van der Waals surface area (Å²) >= 11 is 0. The number of hydrogen-bond acceptors (Lipinski definition) is 6. The van der Waals surface area contributed by atoms with Crippen LogP contribution in [0.1, 0.15) is 50.3 Å². The third-order valence-corrected chi connectivity index (χ3v) is 6.48. The van der Waals surface area contributed by atoms with Crippen molar-refractivity contribution in [3.8, 4) is 11.5 Å². The van der Waals surface area contributed by atoms with E-state index in [-0.39, 0.29) is 12.1 Å². The second-order valence-corrected chi connectivity index (χ2v) is 8.34. The van der Waals surface area contributed by atoms with Crippen molar-refractivity contribution in [1.82, 2.24) is 9.91 Å². The number of carbonyl (C=O) groups excluding carboxylic acids is 1. The van der Waals surface area contributed by atoms with E-state index in [1.54, 1.807) is 4.90 Å². The highest BCUT2D eigenvalue weighted by atomic mass is 16.6. The molecule has 168 valence electrons. The maximum Gasteiger partial charge on any atom is 0.409 e. The number of benzene rings is 2. The monoisotopic (exact) mass is 435 g/mol. The van der Waals surface area contributed by atoms with Crippen LogP contribution in [-0.2, 0) is 4.74 Å². The summed E-state index contributed by atoms with van der Waals surface area (Å²) in [5.74, 6) is 1.78. The van der Waals surface area contributed by atoms with Crippen molar-refractivity contribution in [2.75, 3.05) is 26.3 Å². The molecule has 2 aromatic rings. The van der Waals surface area contributed by atoms with Crippen molar-refractivity contribution < 1.29 is 19.0 Å². The van der Waals surface area contributed by atoms with Gasteiger partial charge in [0.2, 0.25) is 5.72 Å². The molecule has 0 aliphatic carbocycles. The van der Waals surface area contributed by atoms with Gasteiger partial charge in [-0.2, -0.15) is 5.10 Å². The van der Waals surface area contributed by atoms with Gasteiger partial charge in [0.25, 0.3) is 0 Å². The molecule has 0 N–H and O–H groups in total. The van der Waals surface area contributed by atoms with Crippen LogP contribution in [-0.4, -0.2) is 53.7 Å². The Morgan fingerprint density at radius 3 is 2.56 bits per heavy atom. The fourth-order valence-electron chi connectivity index (χ4n) is 4.90. The summed E-state index contributed by atoms with van der Waals surface area (Å²) in [5, 5.41) is 7.24. The van der Waals surface area contributed by atoms with E-state index in [1.165, 1.54) is 0 Å². The molecule has 2 aromatic carbocycles. The third kappa shape index (κ3) is 3.55. The number of para-hydroxylation sites is 1. The molecule has 1 atom stereocenters. The summed E-state index contributed by atoms with van der Waals surface area (Å²) in [6, 6.07) is 16.5. The number of likely N-dealkylation sites (tertiary alicyclic amines) is 1. The Labute approximate surface area is 188 Å². The van der Waals surface area contributed by atoms with Crippen molar-refractivity contribution in [1.29, 1.82) is 0 Å². The van der Waals surface area contributed by atoms with Gasteiger partial charge in [0, 0.05) is 37.9 Å². The van der Waals surface area contributed by atoms with Crippen LogP contribution >= 0.6 is 0 Å². The normalized spacial score (nSPS) is 20.8. The Morgan fingerprint density at radius 2 is 1.84 bits per heavy atom. The highest BCUT2D eigenvalue weighted by molar-refractivity contribution is 6.02. The van der Waals surface area contributed by atoms with Gasteiger partial charge in [-0.05, 0) is 49.7 Å². The highest BCUT2D eigenvalue weighted by Gasteiger charge is 2.52. The Kier molecular flexibility index (Phi) is 5.41. The first-order valence-electron chi connectivity index (χ1n) is 11.4. The van der Waals surface area contributed by atoms with Gasteiger partial charge in [0.05, 0.1) is 25.0 Å². The molecule has 1 amide bonds. The molecule has 3 aliphatic rings. The minimum Gasteiger partial charge on any atom is -0.494 e. The number of ether oxygens (including phenoxy) is 3. The average Bonchev–Trinajstić information content (AvgIpc) is 3.27. The van der Waals surface area contributed by atoms with Crippen molar-refractivity contribution in [3.05, 3.63) is 59.7 Å². The molecule has 32 heavy (non-hydrogen) atoms. The Morgan fingerprint density at radius 1 is 1.09 bits per heavy atom. The fraction of sp³-hybridized carbons (Fsp3) is 0.440. The van der Waals surface area contributed by atoms with Gasteiger partial charge >= 0.3 is 6.09 Å². The molecule has 0 bridgehead atoms. The molecule has 1 fully saturated rings. The first-order chi connectivity index (χ1) is 15.6. The van der Waals surface area contributed by atoms with Crippen LogP contribution in [0.2, 0.25) is 0 Å². The maximum absolute atomic E-state index is 12.2. The van der Waals surface area contributed by atoms with E-state index in [9.17, 15) is 4.79 Å². The second-order valence-electron chi connectivity index (χ2n) is 8.34. The number of hydrazone groups is 1. The molecule has 3 heterocycles. The van der Waals surface area contributed by atoms with Crippen LogP contribution < -0.4 is 9.47 Å². The van der Waals surface area contributed by atoms with Gasteiger partial charge in [-0.3, -0.25) is 0 Å². The Balaban J connectivity index is 1.44. The van der Waals surface area contributed by atoms with E-state index >= 15 is 0 Å². The van der Waals surface area contributed by atoms with Gasteiger partial charge in [-0.15, -0.1) is 0 Å². The number of piperidine rings is 1. The van der Waals surface area contributed by atoms with Gasteiger partial charge in [-0.1, -0.05) is 18.2 Å². The van der Waals surface area contributed by atoms with Crippen molar-refractivity contribution in [2.45, 2.75) is 44.9 Å². The van der Waals surface area contributed by atoms with E-state index in [1.807, 2.05) is 38.1 Å². The average molecular weight is 436 g/mol. The number of nitrogens with zero attached hydrogens (tertiary/aromatic N) is 3. The zero-order valence-electron chi connectivity index (χ0n) is 18.6. The van der Waals surface area contributed by atoms with Crippen LogP contribution in [0.15, 0.2) is 53.6 Å². The topological polar surface area (TPSA) is 63.6 Å². The number of amides is 1. The minimum absolute atomic E-state index is 0.121. The Hall–Kier alpha value is -3.22. The molecular formula is C25H29N3O4. The van der Waals surface area contributed by atoms with Crippen molar-refractivity contribution in [3.63, 3.8) is 0 Å². The van der Waals surface area contributed by atoms with Gasteiger partial charge in [0.1, 0.15) is 11.5 Å². The molecule has 0 aromatic heterocycles. The zero-order chi connectivity index (χ0) is 22.1. The van der Waals surface area contributed by atoms with Crippen LogP contribution in [0.3, 0.4) is 0 Å². The molecule has 1 spiro atoms. The molecular weight excluding hydrogens is 406 g/mol. The lowest BCUT2D eigenvalue weighted by Crippen LogP contribution is -2.59. The van der Waals surface area contributed by atoms with E-state index in [4.69, 9.17) is 19.3 Å². The molecule has 3 aliphatic heterocycles. The van der Waals surface area contributed by atoms with Crippen LogP contribution in [0.5, 0.6) is 11.5 Å². The zero-order valence-corrected chi connectivity index (χ0v) is 18.6. The fourth-order valence-corrected chi connectivity index (χ4v) is 4.90. The SMILES string of the molecule is CCOC(=O)N1CCC2(CC1)Oc1ccccc1[C@H]1CC(c3ccc(OCC)cc3)=NN12. The van der Waals surface area contributed by atoms with Crippen LogP contribution in [0.25, 0.3) is 0 Å². The van der Waals surface area contributed by atoms with Crippen molar-refractivity contribution >= 4 is 11.8 Å². The molecule has 0 radical (unpaired) electrons. The maximum atomic E-state index is 12.2. The summed E-state index contributed by atoms with van der Waals surface area (Å²) in [6.45, 7) is 6.01. The summed E-state index contributed by atoms with van der Waals surface area (Å²) < 4.78 is 17.4. The van der Waals surface area contributed by atoms with Crippen LogP contribution in [0.4, 0.5) is 4.79 Å². The van der Waals surface area contributed by atoms with E-state index in [0.717, 1.165) is 34.8 Å². The van der Waals surface area contributed by atoms with Gasteiger partial charge in [0.15, 0.2) is 0 Å². The predicted octanol–water partition coefficient (Wildman–Crippen LogP) is 4.58. The minimum atomic E-state index is -0.560. The number of rotatable bonds is 4. The highest BCUT2D eigenvalue weighted by Crippen LogP contribution is 2.49. The van der Waals surface area contributed by atoms with E-state index in [0.29, 0.717) is 39.1 Å². The van der Waals surface area contributed by atoms with Crippen LogP contribution in [0, 0.1) is 0 Å². The second kappa shape index (κ2) is 8.37. The molecule has 7 nitrogen and oxygen atoms in total. The number of carbonyl (C=O) groups is 1. The lowest BCUT2D eigenvalue weighted by Gasteiger charge is -2.50. The summed E-state index contributed by atoms with van der Waals surface area (Å²) in [5.41, 5.74) is 2.75. The molecule has 0 saturated carbocycles. The summed E-state index contributed by atoms with van der Waals surface area (Å²) in [4.78, 5) is 14.0. The Bertz CT molecular complexity index is 1010. The molecule has 1 saturated heterocycles. The van der Waals surface area contributed by atoms with Crippen molar-refractivity contribution in [2.24, 2.45) is 5.10 Å². The van der Waals surface area contributed by atoms with Gasteiger partial charge < -0.3 is 19.1 Å². The standard InChI is InChI=1S/C25H29N3O4/c1-3-30-19-11-9-18(10-12-19)21-17-22-20-7-5-6-8-23(20)32-25(28(22)26-21)13-15-27(16-14-25)24(29)31-4-2/h5-12,22H,3-4,13-17H2,1-2H3/t22-/m1/s1. The first-order valence-corrected chi connectivity index (χ1v) is 11.4. The molecule has 0 unspecified atom stereocenters. The third-order valence-electron chi connectivity index (χ3n) is 6.48. The van der Waals surface area contributed by atoms with E-state index < -0.39 is 5.72 Å². The largest absolute Gasteiger partial charge is 0.494 e. The quantitative estimate of drug-likeness (QED) is 0.704. The lowest BCUT2D eigenvalue weighted by molar-refractivity contribution is -0.147. The smallest absolute Gasteiger partial charge is 0.409 e. The lowest BCUT2D eigenvalue weighted by atomic mass is 9.91. The predicted molar refractivity (Wildman–Crippen MR) is 121 cm³/mol. The van der Waals surface area contributed by atoms with Gasteiger partial charge in [-0.25, -0.2) is 9.80 Å². The molecule has 7 heteroatoms.